The van der Waals surface area contributed by atoms with E-state index >= 15 is 0 Å². The summed E-state index contributed by atoms with van der Waals surface area (Å²) in [5.74, 6) is -0.972. The Balaban J connectivity index is 3.27. The van der Waals surface area contributed by atoms with Crippen LogP contribution in [0.25, 0.3) is 5.57 Å². The van der Waals surface area contributed by atoms with Crippen molar-refractivity contribution in [2.75, 3.05) is 21.2 Å². The summed E-state index contributed by atoms with van der Waals surface area (Å²) in [5, 5.41) is 0.170. The maximum atomic E-state index is 12.9. The largest absolute Gasteiger partial charge is 0.465 e. The molecule has 0 saturated carbocycles. The van der Waals surface area contributed by atoms with Crippen molar-refractivity contribution < 1.29 is 13.9 Å². The van der Waals surface area contributed by atoms with Crippen LogP contribution >= 0.6 is 11.6 Å². The fraction of sp³-hybridized carbons (Fsp3) is 0.250. The van der Waals surface area contributed by atoms with E-state index in [0.29, 0.717) is 5.56 Å². The Labute approximate surface area is 104 Å². The molecule has 1 aromatic carbocycles. The second kappa shape index (κ2) is 5.68. The third-order valence-corrected chi connectivity index (χ3v) is 2.33. The summed E-state index contributed by atoms with van der Waals surface area (Å²) in [4.78, 5) is 13.3. The molecule has 0 bridgehead atoms. The second-order valence-corrected chi connectivity index (χ2v) is 4.03. The van der Waals surface area contributed by atoms with Crippen LogP contribution < -0.4 is 0 Å². The number of carbonyl (C=O) groups excluding carboxylic acids is 1. The predicted molar refractivity (Wildman–Crippen MR) is 65.1 cm³/mol. The zero-order valence-corrected chi connectivity index (χ0v) is 10.6. The van der Waals surface area contributed by atoms with Crippen molar-refractivity contribution >= 4 is 23.1 Å². The lowest BCUT2D eigenvalue weighted by atomic mass is 10.1. The van der Waals surface area contributed by atoms with Gasteiger partial charge in [-0.05, 0) is 18.2 Å². The third kappa shape index (κ3) is 3.46. The molecule has 0 unspecified atom stereocenters. The molecular weight excluding hydrogens is 245 g/mol. The van der Waals surface area contributed by atoms with Crippen LogP contribution in [0.1, 0.15) is 5.56 Å². The quantitative estimate of drug-likeness (QED) is 0.616. The molecule has 0 heterocycles. The van der Waals surface area contributed by atoms with Crippen molar-refractivity contribution in [2.45, 2.75) is 0 Å². The molecule has 0 aliphatic rings. The van der Waals surface area contributed by atoms with E-state index < -0.39 is 11.8 Å². The molecule has 5 heteroatoms. The zero-order valence-electron chi connectivity index (χ0n) is 9.83. The smallest absolute Gasteiger partial charge is 0.340 e. The number of esters is 1. The number of carbonyl (C=O) groups is 1. The molecule has 0 aliphatic carbocycles. The van der Waals surface area contributed by atoms with Crippen LogP contribution in [0, 0.1) is 5.82 Å². The van der Waals surface area contributed by atoms with Crippen LogP contribution in [0.5, 0.6) is 0 Å². The first kappa shape index (κ1) is 13.5. The van der Waals surface area contributed by atoms with Crippen LogP contribution in [0.2, 0.25) is 5.02 Å². The van der Waals surface area contributed by atoms with Crippen molar-refractivity contribution in [2.24, 2.45) is 0 Å². The highest BCUT2D eigenvalue weighted by molar-refractivity contribution is 6.34. The molecule has 0 radical (unpaired) electrons. The number of benzene rings is 1. The van der Waals surface area contributed by atoms with Crippen molar-refractivity contribution in [1.82, 2.24) is 4.90 Å². The van der Waals surface area contributed by atoms with Crippen LogP contribution in [0.4, 0.5) is 4.39 Å². The minimum Gasteiger partial charge on any atom is -0.465 e. The van der Waals surface area contributed by atoms with Crippen LogP contribution in [-0.4, -0.2) is 32.1 Å². The molecule has 0 aliphatic heterocycles. The van der Waals surface area contributed by atoms with E-state index in [-0.39, 0.29) is 10.6 Å². The first-order valence-corrected chi connectivity index (χ1v) is 5.25. The summed E-state index contributed by atoms with van der Waals surface area (Å²) >= 11 is 5.90. The van der Waals surface area contributed by atoms with Gasteiger partial charge in [0, 0.05) is 25.9 Å². The molecule has 92 valence electrons. The second-order valence-electron chi connectivity index (χ2n) is 3.62. The number of nitrogens with zero attached hydrogens (tertiary/aromatic N) is 1. The number of ether oxygens (including phenoxy) is 1. The summed E-state index contributed by atoms with van der Waals surface area (Å²) in [5.41, 5.74) is 0.719. The Hall–Kier alpha value is -1.55. The standard InChI is InChI=1S/C12H13ClFNO2/c1-15(2)7-10(12(16)17-3)9-5-4-8(14)6-11(9)13/h4-7H,1-3H3/b10-7+. The maximum Gasteiger partial charge on any atom is 0.340 e. The highest BCUT2D eigenvalue weighted by atomic mass is 35.5. The first-order chi connectivity index (χ1) is 7.95. The lowest BCUT2D eigenvalue weighted by molar-refractivity contribution is -0.133. The normalized spacial score (nSPS) is 11.2. The summed E-state index contributed by atoms with van der Waals surface area (Å²) in [6.07, 6.45) is 1.57. The molecule has 17 heavy (non-hydrogen) atoms. The van der Waals surface area contributed by atoms with Gasteiger partial charge in [0.1, 0.15) is 5.82 Å². The topological polar surface area (TPSA) is 29.5 Å². The molecule has 0 aromatic heterocycles. The van der Waals surface area contributed by atoms with Crippen molar-refractivity contribution in [1.29, 1.82) is 0 Å². The van der Waals surface area contributed by atoms with Crippen LogP contribution in [0.3, 0.4) is 0 Å². The number of hydrogen-bond donors (Lipinski definition) is 0. The van der Waals surface area contributed by atoms with Crippen molar-refractivity contribution in [3.8, 4) is 0 Å². The van der Waals surface area contributed by atoms with Gasteiger partial charge in [-0.3, -0.25) is 0 Å². The molecule has 0 N–H and O–H groups in total. The van der Waals surface area contributed by atoms with E-state index in [9.17, 15) is 9.18 Å². The minimum absolute atomic E-state index is 0.170. The molecule has 0 amide bonds. The molecule has 3 nitrogen and oxygen atoms in total. The van der Waals surface area contributed by atoms with Gasteiger partial charge in [0.15, 0.2) is 0 Å². The molecule has 1 aromatic rings. The number of methoxy groups -OCH3 is 1. The summed E-state index contributed by atoms with van der Waals surface area (Å²) in [6.45, 7) is 0. The monoisotopic (exact) mass is 257 g/mol. The van der Waals surface area contributed by atoms with Crippen molar-refractivity contribution in [3.63, 3.8) is 0 Å². The zero-order chi connectivity index (χ0) is 13.0. The summed E-state index contributed by atoms with van der Waals surface area (Å²) < 4.78 is 17.6. The number of halogens is 2. The van der Waals surface area contributed by atoms with E-state index in [4.69, 9.17) is 11.6 Å². The fourth-order valence-electron chi connectivity index (χ4n) is 1.31. The number of rotatable bonds is 3. The predicted octanol–water partition coefficient (Wildman–Crippen LogP) is 2.55. The van der Waals surface area contributed by atoms with Gasteiger partial charge in [-0.25, -0.2) is 9.18 Å². The van der Waals surface area contributed by atoms with Gasteiger partial charge < -0.3 is 9.64 Å². The van der Waals surface area contributed by atoms with E-state index in [1.165, 1.54) is 19.2 Å². The Morgan fingerprint density at radius 1 is 1.47 bits per heavy atom. The Morgan fingerprint density at radius 2 is 2.12 bits per heavy atom. The summed E-state index contributed by atoms with van der Waals surface area (Å²) in [7, 11) is 4.81. The van der Waals surface area contributed by atoms with E-state index in [2.05, 4.69) is 4.74 Å². The Morgan fingerprint density at radius 3 is 2.59 bits per heavy atom. The van der Waals surface area contributed by atoms with Gasteiger partial charge in [-0.15, -0.1) is 0 Å². The highest BCUT2D eigenvalue weighted by Crippen LogP contribution is 2.25. The molecule has 0 saturated heterocycles. The van der Waals surface area contributed by atoms with Crippen LogP contribution in [0.15, 0.2) is 24.4 Å². The Kier molecular flexibility index (Phi) is 4.52. The van der Waals surface area contributed by atoms with Gasteiger partial charge in [0.05, 0.1) is 17.7 Å². The van der Waals surface area contributed by atoms with E-state index in [0.717, 1.165) is 6.07 Å². The van der Waals surface area contributed by atoms with Crippen LogP contribution in [-0.2, 0) is 9.53 Å². The number of hydrogen-bond acceptors (Lipinski definition) is 3. The lowest BCUT2D eigenvalue weighted by Gasteiger charge is -2.11. The molecule has 0 spiro atoms. The fourth-order valence-corrected chi connectivity index (χ4v) is 1.58. The van der Waals surface area contributed by atoms with Gasteiger partial charge in [0.2, 0.25) is 0 Å². The van der Waals surface area contributed by atoms with Crippen molar-refractivity contribution in [3.05, 3.63) is 40.8 Å². The Bertz CT molecular complexity index is 458. The van der Waals surface area contributed by atoms with E-state index in [1.807, 2.05) is 0 Å². The third-order valence-electron chi connectivity index (χ3n) is 2.01. The van der Waals surface area contributed by atoms with E-state index in [1.54, 1.807) is 25.2 Å². The highest BCUT2D eigenvalue weighted by Gasteiger charge is 2.16. The lowest BCUT2D eigenvalue weighted by Crippen LogP contribution is -2.10. The average Bonchev–Trinajstić information content (AvgIpc) is 2.25. The average molecular weight is 258 g/mol. The summed E-state index contributed by atoms with van der Waals surface area (Å²) in [6, 6.07) is 3.85. The molecule has 1 rings (SSSR count). The molecule has 0 atom stereocenters. The maximum absolute atomic E-state index is 12.9. The van der Waals surface area contributed by atoms with Gasteiger partial charge in [-0.2, -0.15) is 0 Å². The van der Waals surface area contributed by atoms with Gasteiger partial charge >= 0.3 is 5.97 Å². The SMILES string of the molecule is COC(=O)/C(=C/N(C)C)c1ccc(F)cc1Cl. The van der Waals surface area contributed by atoms with Gasteiger partial charge in [-0.1, -0.05) is 11.6 Å². The molecule has 0 fully saturated rings. The molecular formula is C12H13ClFNO2. The first-order valence-electron chi connectivity index (χ1n) is 4.87. The van der Waals surface area contributed by atoms with Gasteiger partial charge in [0.25, 0.3) is 0 Å². The minimum atomic E-state index is -0.521.